The van der Waals surface area contributed by atoms with Gasteiger partial charge in [0, 0.05) is 19.8 Å². The van der Waals surface area contributed by atoms with Gasteiger partial charge in [-0.3, -0.25) is 4.79 Å². The minimum Gasteiger partial charge on any atom is -0.467 e. The molecular formula is C18H26N2O5. The van der Waals surface area contributed by atoms with Crippen LogP contribution in [0.2, 0.25) is 0 Å². The van der Waals surface area contributed by atoms with Crippen LogP contribution in [-0.4, -0.2) is 51.7 Å². The van der Waals surface area contributed by atoms with Crippen LogP contribution < -0.4 is 10.2 Å². The van der Waals surface area contributed by atoms with Crippen LogP contribution in [0.25, 0.3) is 0 Å². The number of ether oxygens (including phenoxy) is 2. The molecule has 0 radical (unpaired) electrons. The lowest BCUT2D eigenvalue weighted by molar-refractivity contribution is -0.147. The largest absolute Gasteiger partial charge is 0.467 e. The molecule has 7 nitrogen and oxygen atoms in total. The van der Waals surface area contributed by atoms with Gasteiger partial charge in [0.15, 0.2) is 6.61 Å². The molecule has 2 atom stereocenters. The fourth-order valence-corrected chi connectivity index (χ4v) is 2.12. The summed E-state index contributed by atoms with van der Waals surface area (Å²) in [7, 11) is 5.06. The molecule has 0 saturated carbocycles. The summed E-state index contributed by atoms with van der Waals surface area (Å²) in [6, 6.07) is 6.07. The normalized spacial score (nSPS) is 12.7. The molecule has 1 amide bonds. The second-order valence-corrected chi connectivity index (χ2v) is 5.97. The van der Waals surface area contributed by atoms with Crippen molar-refractivity contribution in [1.82, 2.24) is 5.32 Å². The lowest BCUT2D eigenvalue weighted by Gasteiger charge is -2.21. The Morgan fingerprint density at radius 2 is 1.76 bits per heavy atom. The van der Waals surface area contributed by atoms with Crippen LogP contribution in [0, 0.1) is 5.92 Å². The number of carbonyl (C=O) groups excluding carboxylic acids is 3. The summed E-state index contributed by atoms with van der Waals surface area (Å²) >= 11 is 0. The van der Waals surface area contributed by atoms with Crippen molar-refractivity contribution in [3.63, 3.8) is 0 Å². The highest BCUT2D eigenvalue weighted by Crippen LogP contribution is 2.13. The molecule has 1 N–H and O–H groups in total. The van der Waals surface area contributed by atoms with Gasteiger partial charge in [-0.25, -0.2) is 9.59 Å². The number of carbonyl (C=O) groups is 3. The Morgan fingerprint density at radius 1 is 1.16 bits per heavy atom. The molecule has 0 unspecified atom stereocenters. The van der Waals surface area contributed by atoms with E-state index in [0.717, 1.165) is 5.69 Å². The quantitative estimate of drug-likeness (QED) is 0.717. The Balaban J connectivity index is 2.59. The first-order valence-corrected chi connectivity index (χ1v) is 8.11. The number of esters is 2. The number of anilines is 1. The molecule has 0 heterocycles. The maximum atomic E-state index is 12.0. The summed E-state index contributed by atoms with van der Waals surface area (Å²) in [5.41, 5.74) is 1.30. The minimum atomic E-state index is -0.763. The lowest BCUT2D eigenvalue weighted by Crippen LogP contribution is -2.47. The maximum Gasteiger partial charge on any atom is 0.338 e. The van der Waals surface area contributed by atoms with E-state index >= 15 is 0 Å². The average molecular weight is 350 g/mol. The lowest BCUT2D eigenvalue weighted by atomic mass is 9.99. The minimum absolute atomic E-state index is 0.0920. The van der Waals surface area contributed by atoms with E-state index in [1.165, 1.54) is 7.11 Å². The molecule has 0 aromatic heterocycles. The molecule has 0 saturated heterocycles. The summed E-state index contributed by atoms with van der Waals surface area (Å²) in [5, 5.41) is 2.55. The second-order valence-electron chi connectivity index (χ2n) is 5.97. The first kappa shape index (κ1) is 20.5. The van der Waals surface area contributed by atoms with Gasteiger partial charge in [-0.15, -0.1) is 0 Å². The summed E-state index contributed by atoms with van der Waals surface area (Å²) < 4.78 is 9.70. The summed E-state index contributed by atoms with van der Waals surface area (Å²) in [4.78, 5) is 37.6. The van der Waals surface area contributed by atoms with E-state index in [4.69, 9.17) is 9.47 Å². The zero-order valence-corrected chi connectivity index (χ0v) is 15.4. The van der Waals surface area contributed by atoms with E-state index in [2.05, 4.69) is 5.32 Å². The van der Waals surface area contributed by atoms with Crippen molar-refractivity contribution in [3.05, 3.63) is 29.8 Å². The van der Waals surface area contributed by atoms with Gasteiger partial charge in [0.1, 0.15) is 6.04 Å². The third-order valence-corrected chi connectivity index (χ3v) is 3.94. The third kappa shape index (κ3) is 6.10. The number of rotatable bonds is 8. The van der Waals surface area contributed by atoms with Gasteiger partial charge < -0.3 is 19.7 Å². The molecule has 138 valence electrons. The van der Waals surface area contributed by atoms with Gasteiger partial charge >= 0.3 is 11.9 Å². The first-order chi connectivity index (χ1) is 11.8. The Hall–Kier alpha value is -2.57. The first-order valence-electron chi connectivity index (χ1n) is 8.11. The molecule has 1 rings (SSSR count). The molecule has 0 fully saturated rings. The fraction of sp³-hybridized carbons (Fsp3) is 0.500. The Labute approximate surface area is 148 Å². The predicted octanol–water partition coefficient (Wildman–Crippen LogP) is 1.61. The Kier molecular flexibility index (Phi) is 7.91. The molecule has 0 aliphatic carbocycles. The molecule has 0 aliphatic rings. The van der Waals surface area contributed by atoms with Gasteiger partial charge in [0.25, 0.3) is 5.91 Å². The number of hydrogen-bond acceptors (Lipinski definition) is 6. The SMILES string of the molecule is CC[C@@H](C)[C@H](NC(=O)COC(=O)c1ccc(N(C)C)cc1)C(=O)OC. The third-order valence-electron chi connectivity index (χ3n) is 3.94. The Morgan fingerprint density at radius 3 is 2.24 bits per heavy atom. The topological polar surface area (TPSA) is 84.9 Å². The van der Waals surface area contributed by atoms with E-state index in [1.807, 2.05) is 32.8 Å². The highest BCUT2D eigenvalue weighted by Gasteiger charge is 2.27. The van der Waals surface area contributed by atoms with Crippen LogP contribution in [0.15, 0.2) is 24.3 Å². The van der Waals surface area contributed by atoms with Crippen molar-refractivity contribution in [2.24, 2.45) is 5.92 Å². The molecule has 25 heavy (non-hydrogen) atoms. The van der Waals surface area contributed by atoms with Gasteiger partial charge in [0.2, 0.25) is 0 Å². The number of benzene rings is 1. The van der Waals surface area contributed by atoms with E-state index in [1.54, 1.807) is 24.3 Å². The van der Waals surface area contributed by atoms with Gasteiger partial charge in [-0.05, 0) is 30.2 Å². The van der Waals surface area contributed by atoms with E-state index in [0.29, 0.717) is 12.0 Å². The number of amides is 1. The van der Waals surface area contributed by atoms with Crippen molar-refractivity contribution in [1.29, 1.82) is 0 Å². The molecule has 0 bridgehead atoms. The summed E-state index contributed by atoms with van der Waals surface area (Å²) in [6.45, 7) is 3.28. The van der Waals surface area contributed by atoms with Crippen molar-refractivity contribution < 1.29 is 23.9 Å². The Bertz CT molecular complexity index is 598. The predicted molar refractivity (Wildman–Crippen MR) is 94.5 cm³/mol. The van der Waals surface area contributed by atoms with Crippen LogP contribution in [0.4, 0.5) is 5.69 Å². The molecule has 1 aromatic carbocycles. The second kappa shape index (κ2) is 9.66. The van der Waals surface area contributed by atoms with Gasteiger partial charge in [-0.2, -0.15) is 0 Å². The summed E-state index contributed by atoms with van der Waals surface area (Å²) in [5.74, 6) is -1.76. The van der Waals surface area contributed by atoms with Crippen molar-refractivity contribution in [2.45, 2.75) is 26.3 Å². The number of nitrogens with one attached hydrogen (secondary N) is 1. The van der Waals surface area contributed by atoms with Crippen LogP contribution in [0.3, 0.4) is 0 Å². The molecule has 0 spiro atoms. The monoisotopic (exact) mass is 350 g/mol. The number of hydrogen-bond donors (Lipinski definition) is 1. The van der Waals surface area contributed by atoms with E-state index in [9.17, 15) is 14.4 Å². The highest BCUT2D eigenvalue weighted by molar-refractivity contribution is 5.92. The molecule has 0 aliphatic heterocycles. The van der Waals surface area contributed by atoms with Gasteiger partial charge in [0.05, 0.1) is 12.7 Å². The molecule has 7 heteroatoms. The average Bonchev–Trinajstić information content (AvgIpc) is 2.62. The molecule has 1 aromatic rings. The molecular weight excluding hydrogens is 324 g/mol. The number of nitrogens with zero attached hydrogens (tertiary/aromatic N) is 1. The van der Waals surface area contributed by atoms with E-state index in [-0.39, 0.29) is 5.92 Å². The zero-order valence-electron chi connectivity index (χ0n) is 15.4. The van der Waals surface area contributed by atoms with Crippen LogP contribution in [0.5, 0.6) is 0 Å². The smallest absolute Gasteiger partial charge is 0.338 e. The van der Waals surface area contributed by atoms with Crippen LogP contribution >= 0.6 is 0 Å². The van der Waals surface area contributed by atoms with Crippen molar-refractivity contribution in [3.8, 4) is 0 Å². The van der Waals surface area contributed by atoms with Crippen LogP contribution in [-0.2, 0) is 19.1 Å². The highest BCUT2D eigenvalue weighted by atomic mass is 16.5. The summed E-state index contributed by atoms with van der Waals surface area (Å²) in [6.07, 6.45) is 0.693. The fourth-order valence-electron chi connectivity index (χ4n) is 2.12. The number of methoxy groups -OCH3 is 1. The van der Waals surface area contributed by atoms with Crippen molar-refractivity contribution >= 4 is 23.5 Å². The van der Waals surface area contributed by atoms with Crippen molar-refractivity contribution in [2.75, 3.05) is 32.7 Å². The van der Waals surface area contributed by atoms with Gasteiger partial charge in [-0.1, -0.05) is 20.3 Å². The van der Waals surface area contributed by atoms with E-state index < -0.39 is 30.5 Å². The zero-order chi connectivity index (χ0) is 19.0. The van der Waals surface area contributed by atoms with Crippen LogP contribution in [0.1, 0.15) is 30.6 Å². The maximum absolute atomic E-state index is 12.0. The standard InChI is InChI=1S/C18H26N2O5/c1-6-12(2)16(18(23)24-5)19-15(21)11-25-17(22)13-7-9-14(10-8-13)20(3)4/h7-10,12,16H,6,11H2,1-5H3,(H,19,21)/t12-,16+/m1/s1.